The van der Waals surface area contributed by atoms with Gasteiger partial charge in [-0.15, -0.1) is 0 Å². The Kier molecular flexibility index (Phi) is 5.12. The second-order valence-corrected chi connectivity index (χ2v) is 5.88. The molecule has 0 aliphatic rings. The molecule has 0 aromatic heterocycles. The van der Waals surface area contributed by atoms with Crippen LogP contribution in [0.2, 0.25) is 0 Å². The van der Waals surface area contributed by atoms with E-state index >= 15 is 0 Å². The highest BCUT2D eigenvalue weighted by molar-refractivity contribution is 9.10. The van der Waals surface area contributed by atoms with E-state index in [-0.39, 0.29) is 5.75 Å². The van der Waals surface area contributed by atoms with E-state index in [0.717, 1.165) is 11.3 Å². The van der Waals surface area contributed by atoms with E-state index in [2.05, 4.69) is 53.3 Å². The fraction of sp³-hybridized carbons (Fsp3) is 0.294. The molecule has 0 heterocycles. The molecule has 21 heavy (non-hydrogen) atoms. The largest absolute Gasteiger partial charge is 0.503 e. The molecule has 2 N–H and O–H groups in total. The van der Waals surface area contributed by atoms with E-state index in [1.807, 2.05) is 19.1 Å². The van der Waals surface area contributed by atoms with Crippen molar-refractivity contribution >= 4 is 21.6 Å². The lowest BCUT2D eigenvalue weighted by molar-refractivity contribution is 0.317. The normalized spacial score (nSPS) is 10.5. The van der Waals surface area contributed by atoms with Crippen LogP contribution in [0.3, 0.4) is 0 Å². The second-order valence-electron chi connectivity index (χ2n) is 5.03. The van der Waals surface area contributed by atoms with Crippen LogP contribution in [0.15, 0.2) is 34.8 Å². The summed E-state index contributed by atoms with van der Waals surface area (Å²) in [4.78, 5) is 0. The topological polar surface area (TPSA) is 41.5 Å². The summed E-state index contributed by atoms with van der Waals surface area (Å²) >= 11 is 3.36. The minimum absolute atomic E-state index is 0.145. The van der Waals surface area contributed by atoms with Crippen LogP contribution in [-0.4, -0.2) is 11.7 Å². The number of nitrogens with one attached hydrogen (secondary N) is 1. The van der Waals surface area contributed by atoms with Crippen molar-refractivity contribution in [2.45, 2.75) is 27.3 Å². The first-order valence-corrected chi connectivity index (χ1v) is 7.76. The fourth-order valence-corrected chi connectivity index (χ4v) is 2.69. The van der Waals surface area contributed by atoms with Crippen molar-refractivity contribution in [3.05, 3.63) is 51.5 Å². The Morgan fingerprint density at radius 2 is 1.95 bits per heavy atom. The Morgan fingerprint density at radius 3 is 2.62 bits per heavy atom. The number of phenolic OH excluding ortho intramolecular Hbond substituents is 1. The number of halogens is 1. The minimum Gasteiger partial charge on any atom is -0.503 e. The summed E-state index contributed by atoms with van der Waals surface area (Å²) < 4.78 is 6.09. The molecule has 2 rings (SSSR count). The summed E-state index contributed by atoms with van der Waals surface area (Å²) in [7, 11) is 0. The van der Waals surface area contributed by atoms with Crippen molar-refractivity contribution in [2.24, 2.45) is 0 Å². The minimum atomic E-state index is 0.145. The van der Waals surface area contributed by atoms with Gasteiger partial charge in [0.2, 0.25) is 0 Å². The summed E-state index contributed by atoms with van der Waals surface area (Å²) in [5, 5.41) is 13.3. The van der Waals surface area contributed by atoms with Crippen molar-refractivity contribution in [3.8, 4) is 11.5 Å². The molecule has 0 atom stereocenters. The lowest BCUT2D eigenvalue weighted by Crippen LogP contribution is -2.02. The molecule has 3 nitrogen and oxygen atoms in total. The molecule has 2 aromatic rings. The summed E-state index contributed by atoms with van der Waals surface area (Å²) in [5.41, 5.74) is 4.63. The lowest BCUT2D eigenvalue weighted by atomic mass is 10.1. The van der Waals surface area contributed by atoms with Crippen LogP contribution >= 0.6 is 15.9 Å². The number of phenols is 1. The second kappa shape index (κ2) is 6.85. The first-order chi connectivity index (χ1) is 10.0. The maximum absolute atomic E-state index is 9.92. The number of rotatable bonds is 5. The molecule has 0 saturated carbocycles. The van der Waals surface area contributed by atoms with Crippen LogP contribution in [0.25, 0.3) is 0 Å². The highest BCUT2D eigenvalue weighted by atomic mass is 79.9. The average molecular weight is 350 g/mol. The number of aryl methyl sites for hydroxylation is 2. The van der Waals surface area contributed by atoms with Gasteiger partial charge in [0.15, 0.2) is 11.5 Å². The number of benzene rings is 2. The molecule has 0 radical (unpaired) electrons. The van der Waals surface area contributed by atoms with Crippen LogP contribution in [0.4, 0.5) is 5.69 Å². The molecular formula is C17H20BrNO2. The molecular weight excluding hydrogens is 330 g/mol. The summed E-state index contributed by atoms with van der Waals surface area (Å²) in [6.45, 7) is 7.26. The average Bonchev–Trinajstić information content (AvgIpc) is 2.43. The Hall–Kier alpha value is -1.68. The lowest BCUT2D eigenvalue weighted by Gasteiger charge is -2.13. The van der Waals surface area contributed by atoms with Gasteiger partial charge in [-0.2, -0.15) is 0 Å². The zero-order valence-electron chi connectivity index (χ0n) is 12.5. The maximum Gasteiger partial charge on any atom is 0.172 e. The van der Waals surface area contributed by atoms with Crippen molar-refractivity contribution in [1.82, 2.24) is 0 Å². The molecule has 0 fully saturated rings. The monoisotopic (exact) mass is 349 g/mol. The highest BCUT2D eigenvalue weighted by Gasteiger charge is 2.09. The zero-order chi connectivity index (χ0) is 15.4. The molecule has 4 heteroatoms. The Bertz CT molecular complexity index is 641. The third-order valence-corrected chi connectivity index (χ3v) is 3.86. The fourth-order valence-electron chi connectivity index (χ4n) is 2.20. The summed E-state index contributed by atoms with van der Waals surface area (Å²) in [6, 6.07) is 10.1. The standard InChI is InChI=1S/C17H20BrNO2/c1-4-21-16-9-13(8-14(18)17(16)20)10-19-15-6-5-11(2)7-12(15)3/h5-9,19-20H,4,10H2,1-3H3. The van der Waals surface area contributed by atoms with Gasteiger partial charge in [0.1, 0.15) is 0 Å². The van der Waals surface area contributed by atoms with E-state index < -0.39 is 0 Å². The predicted molar refractivity (Wildman–Crippen MR) is 90.2 cm³/mol. The maximum atomic E-state index is 9.92. The molecule has 0 aliphatic heterocycles. The van der Waals surface area contributed by atoms with E-state index in [9.17, 15) is 5.11 Å². The molecule has 0 spiro atoms. The van der Waals surface area contributed by atoms with E-state index in [0.29, 0.717) is 23.4 Å². The number of aromatic hydroxyl groups is 1. The highest BCUT2D eigenvalue weighted by Crippen LogP contribution is 2.35. The molecule has 0 bridgehead atoms. The van der Waals surface area contributed by atoms with Gasteiger partial charge in [-0.3, -0.25) is 0 Å². The first-order valence-electron chi connectivity index (χ1n) is 6.96. The predicted octanol–water partition coefficient (Wildman–Crippen LogP) is 4.78. The summed E-state index contributed by atoms with van der Waals surface area (Å²) in [6.07, 6.45) is 0. The summed E-state index contributed by atoms with van der Waals surface area (Å²) in [5.74, 6) is 0.649. The van der Waals surface area contributed by atoms with Crippen LogP contribution in [0.5, 0.6) is 11.5 Å². The Balaban J connectivity index is 2.16. The van der Waals surface area contributed by atoms with Gasteiger partial charge in [-0.1, -0.05) is 17.7 Å². The molecule has 0 aliphatic carbocycles. The molecule has 0 amide bonds. The van der Waals surface area contributed by atoms with Gasteiger partial charge in [0.05, 0.1) is 11.1 Å². The SMILES string of the molecule is CCOc1cc(CNc2ccc(C)cc2C)cc(Br)c1O. The molecule has 112 valence electrons. The number of anilines is 1. The van der Waals surface area contributed by atoms with Gasteiger partial charge >= 0.3 is 0 Å². The number of hydrogen-bond donors (Lipinski definition) is 2. The van der Waals surface area contributed by atoms with Gasteiger partial charge in [-0.25, -0.2) is 0 Å². The quantitative estimate of drug-likeness (QED) is 0.815. The van der Waals surface area contributed by atoms with Crippen LogP contribution in [0, 0.1) is 13.8 Å². The smallest absolute Gasteiger partial charge is 0.172 e. The van der Waals surface area contributed by atoms with Crippen molar-refractivity contribution in [3.63, 3.8) is 0 Å². The van der Waals surface area contributed by atoms with E-state index in [1.165, 1.54) is 11.1 Å². The van der Waals surface area contributed by atoms with E-state index in [4.69, 9.17) is 4.74 Å². The molecule has 2 aromatic carbocycles. The van der Waals surface area contributed by atoms with Gasteiger partial charge in [0.25, 0.3) is 0 Å². The Morgan fingerprint density at radius 1 is 1.19 bits per heavy atom. The van der Waals surface area contributed by atoms with Gasteiger partial charge in [-0.05, 0) is 66.0 Å². The van der Waals surface area contributed by atoms with Crippen LogP contribution < -0.4 is 10.1 Å². The third-order valence-electron chi connectivity index (χ3n) is 3.25. The van der Waals surface area contributed by atoms with Crippen molar-refractivity contribution in [1.29, 1.82) is 0 Å². The zero-order valence-corrected chi connectivity index (χ0v) is 14.1. The van der Waals surface area contributed by atoms with E-state index in [1.54, 1.807) is 0 Å². The Labute approximate surface area is 134 Å². The molecule has 0 unspecified atom stereocenters. The van der Waals surface area contributed by atoms with Crippen LogP contribution in [-0.2, 0) is 6.54 Å². The van der Waals surface area contributed by atoms with Crippen molar-refractivity contribution in [2.75, 3.05) is 11.9 Å². The molecule has 0 saturated heterocycles. The van der Waals surface area contributed by atoms with Crippen molar-refractivity contribution < 1.29 is 9.84 Å². The van der Waals surface area contributed by atoms with Gasteiger partial charge < -0.3 is 15.2 Å². The van der Waals surface area contributed by atoms with Crippen LogP contribution in [0.1, 0.15) is 23.6 Å². The number of ether oxygens (including phenoxy) is 1. The third kappa shape index (κ3) is 3.91. The number of hydrogen-bond acceptors (Lipinski definition) is 3. The van der Waals surface area contributed by atoms with Gasteiger partial charge in [0, 0.05) is 12.2 Å². The first kappa shape index (κ1) is 15.7.